The first-order chi connectivity index (χ1) is 18.3. The molecule has 2 aliphatic rings. The number of carbonyl (C=O) groups excluding carboxylic acids is 4. The topological polar surface area (TPSA) is 103 Å². The number of alkyl halides is 3. The Kier molecular flexibility index (Phi) is 7.37. The quantitative estimate of drug-likeness (QED) is 0.455. The summed E-state index contributed by atoms with van der Waals surface area (Å²) in [5.74, 6) is -3.71. The molecule has 0 aliphatic carbocycles. The van der Waals surface area contributed by atoms with Crippen LogP contribution in [0.4, 0.5) is 28.0 Å². The van der Waals surface area contributed by atoms with Crippen molar-refractivity contribution in [1.82, 2.24) is 20.1 Å². The zero-order chi connectivity index (χ0) is 28.7. The van der Waals surface area contributed by atoms with Gasteiger partial charge in [0.2, 0.25) is 5.91 Å². The Bertz CT molecular complexity index is 1290. The van der Waals surface area contributed by atoms with E-state index in [1.165, 1.54) is 29.2 Å². The van der Waals surface area contributed by atoms with Crippen molar-refractivity contribution in [3.8, 4) is 0 Å². The Morgan fingerprint density at radius 2 is 1.67 bits per heavy atom. The van der Waals surface area contributed by atoms with Gasteiger partial charge >= 0.3 is 12.2 Å². The van der Waals surface area contributed by atoms with Gasteiger partial charge in [0.15, 0.2) is 0 Å². The minimum atomic E-state index is -4.78. The predicted octanol–water partition coefficient (Wildman–Crippen LogP) is 3.45. The molecular formula is C26H27F4N5O4. The number of benzene rings is 1. The molecule has 0 saturated carbocycles. The van der Waals surface area contributed by atoms with E-state index in [0.717, 1.165) is 4.90 Å². The minimum absolute atomic E-state index is 0.0737. The molecule has 13 heteroatoms. The molecule has 39 heavy (non-hydrogen) atoms. The second-order valence-electron chi connectivity index (χ2n) is 9.93. The van der Waals surface area contributed by atoms with Crippen LogP contribution in [-0.4, -0.2) is 70.3 Å². The van der Waals surface area contributed by atoms with Crippen LogP contribution < -0.4 is 10.2 Å². The molecule has 2 fully saturated rings. The summed E-state index contributed by atoms with van der Waals surface area (Å²) in [5.41, 5.74) is -2.74. The number of hydrogen-bond donors (Lipinski definition) is 1. The molecule has 4 rings (SSSR count). The Morgan fingerprint density at radius 1 is 1.05 bits per heavy atom. The number of hydrogen-bond acceptors (Lipinski definition) is 5. The van der Waals surface area contributed by atoms with Gasteiger partial charge in [-0.3, -0.25) is 29.2 Å². The molecule has 0 unspecified atom stereocenters. The molecule has 0 radical (unpaired) electrons. The number of imide groups is 1. The van der Waals surface area contributed by atoms with Crippen molar-refractivity contribution >= 4 is 29.4 Å². The van der Waals surface area contributed by atoms with Crippen molar-refractivity contribution in [2.75, 3.05) is 25.0 Å². The van der Waals surface area contributed by atoms with Gasteiger partial charge in [-0.2, -0.15) is 13.2 Å². The molecule has 2 aromatic rings. The summed E-state index contributed by atoms with van der Waals surface area (Å²) >= 11 is 0. The summed E-state index contributed by atoms with van der Waals surface area (Å²) in [4.78, 5) is 60.2. The van der Waals surface area contributed by atoms with E-state index in [1.54, 1.807) is 26.0 Å². The second-order valence-corrected chi connectivity index (χ2v) is 9.93. The van der Waals surface area contributed by atoms with E-state index >= 15 is 0 Å². The number of nitrogens with zero attached hydrogens (tertiary/aromatic N) is 4. The van der Waals surface area contributed by atoms with Crippen LogP contribution >= 0.6 is 0 Å². The molecule has 1 aromatic heterocycles. The monoisotopic (exact) mass is 549 g/mol. The zero-order valence-corrected chi connectivity index (χ0v) is 21.5. The van der Waals surface area contributed by atoms with Gasteiger partial charge in [0, 0.05) is 38.2 Å². The fourth-order valence-corrected chi connectivity index (χ4v) is 5.02. The van der Waals surface area contributed by atoms with Crippen LogP contribution in [0.3, 0.4) is 0 Å². The lowest BCUT2D eigenvalue weighted by Gasteiger charge is -2.43. The number of likely N-dealkylation sites (tertiary alicyclic amines) is 1. The number of anilines is 1. The van der Waals surface area contributed by atoms with Gasteiger partial charge < -0.3 is 10.2 Å². The fraction of sp³-hybridized carbons (Fsp3) is 0.423. The lowest BCUT2D eigenvalue weighted by atomic mass is 9.85. The van der Waals surface area contributed by atoms with Gasteiger partial charge in [-0.25, -0.2) is 9.18 Å². The molecule has 1 spiro atoms. The molecule has 1 atom stereocenters. The van der Waals surface area contributed by atoms with E-state index in [1.807, 2.05) is 0 Å². The zero-order valence-electron chi connectivity index (χ0n) is 21.5. The number of aromatic nitrogens is 1. The molecule has 2 aliphatic heterocycles. The average molecular weight is 550 g/mol. The highest BCUT2D eigenvalue weighted by Crippen LogP contribution is 2.40. The summed E-state index contributed by atoms with van der Waals surface area (Å²) in [6.07, 6.45) is -1.53. The van der Waals surface area contributed by atoms with Crippen molar-refractivity contribution in [1.29, 1.82) is 0 Å². The average Bonchev–Trinajstić information content (AvgIpc) is 3.07. The predicted molar refractivity (Wildman–Crippen MR) is 131 cm³/mol. The molecule has 9 nitrogen and oxygen atoms in total. The highest BCUT2D eigenvalue weighted by molar-refractivity contribution is 6.16. The van der Waals surface area contributed by atoms with E-state index in [4.69, 9.17) is 0 Å². The Balaban J connectivity index is 1.52. The smallest absolute Gasteiger partial charge is 0.341 e. The molecule has 208 valence electrons. The molecule has 2 saturated heterocycles. The van der Waals surface area contributed by atoms with E-state index in [-0.39, 0.29) is 25.9 Å². The number of halogens is 4. The van der Waals surface area contributed by atoms with Crippen molar-refractivity contribution in [2.45, 2.75) is 44.4 Å². The van der Waals surface area contributed by atoms with Crippen LogP contribution in [0.25, 0.3) is 0 Å². The molecule has 0 bridgehead atoms. The minimum Gasteiger partial charge on any atom is -0.341 e. The number of amides is 5. The number of nitrogens with one attached hydrogen (secondary N) is 1. The van der Waals surface area contributed by atoms with E-state index in [0.29, 0.717) is 23.9 Å². The van der Waals surface area contributed by atoms with Gasteiger partial charge in [0.25, 0.3) is 11.8 Å². The van der Waals surface area contributed by atoms with Gasteiger partial charge in [-0.15, -0.1) is 0 Å². The largest absolute Gasteiger partial charge is 0.416 e. The second kappa shape index (κ2) is 10.3. The highest BCUT2D eigenvalue weighted by Gasteiger charge is 2.58. The van der Waals surface area contributed by atoms with Gasteiger partial charge in [-0.1, -0.05) is 13.8 Å². The van der Waals surface area contributed by atoms with Crippen molar-refractivity contribution < 1.29 is 36.7 Å². The first kappa shape index (κ1) is 28.0. The van der Waals surface area contributed by atoms with Crippen LogP contribution in [0.2, 0.25) is 0 Å². The van der Waals surface area contributed by atoms with Gasteiger partial charge in [0.05, 0.1) is 11.1 Å². The third-order valence-corrected chi connectivity index (χ3v) is 7.19. The fourth-order valence-electron chi connectivity index (χ4n) is 5.02. The van der Waals surface area contributed by atoms with Crippen molar-refractivity contribution in [3.63, 3.8) is 0 Å². The van der Waals surface area contributed by atoms with Crippen LogP contribution in [0.5, 0.6) is 0 Å². The molecule has 1 aromatic carbocycles. The summed E-state index contributed by atoms with van der Waals surface area (Å²) in [7, 11) is 1.39. The van der Waals surface area contributed by atoms with Crippen molar-refractivity contribution in [3.05, 3.63) is 59.7 Å². The lowest BCUT2D eigenvalue weighted by Crippen LogP contribution is -2.60. The Hall–Kier alpha value is -4.03. The molecular weight excluding hydrogens is 522 g/mol. The van der Waals surface area contributed by atoms with E-state index < -0.39 is 64.4 Å². The Morgan fingerprint density at radius 3 is 2.23 bits per heavy atom. The molecule has 5 amide bonds. The number of urea groups is 1. The van der Waals surface area contributed by atoms with Crippen LogP contribution in [0.1, 0.15) is 42.6 Å². The number of carbonyl (C=O) groups is 4. The molecule has 1 N–H and O–H groups in total. The normalized spacial score (nSPS) is 18.2. The van der Waals surface area contributed by atoms with E-state index in [9.17, 15) is 36.7 Å². The van der Waals surface area contributed by atoms with Crippen LogP contribution in [0.15, 0.2) is 42.7 Å². The maximum Gasteiger partial charge on any atom is 0.416 e. The third-order valence-electron chi connectivity index (χ3n) is 7.19. The first-order valence-corrected chi connectivity index (χ1v) is 12.3. The third kappa shape index (κ3) is 5.04. The number of pyridine rings is 1. The number of rotatable bonds is 5. The van der Waals surface area contributed by atoms with Crippen LogP contribution in [0, 0.1) is 11.7 Å². The standard InChI is InChI=1S/C26H27F4N5O4/c1-15(2)20(32-21(36)18-14-16(26(28,29)30)4-5-19(18)27)22(37)34-12-8-25(9-13-34)23(38)33(3)24(39)35(25)17-6-10-31-11-7-17/h4-7,10-11,14-15,20H,8-9,12-13H2,1-3H3,(H,32,36)/t20-/m1/s1. The maximum absolute atomic E-state index is 14.3. The lowest BCUT2D eigenvalue weighted by molar-refractivity contribution is -0.139. The van der Waals surface area contributed by atoms with Crippen molar-refractivity contribution in [2.24, 2.45) is 5.92 Å². The summed E-state index contributed by atoms with van der Waals surface area (Å²) < 4.78 is 53.5. The summed E-state index contributed by atoms with van der Waals surface area (Å²) in [6, 6.07) is 3.05. The van der Waals surface area contributed by atoms with E-state index in [2.05, 4.69) is 10.3 Å². The maximum atomic E-state index is 14.3. The first-order valence-electron chi connectivity index (χ1n) is 12.3. The number of likely N-dealkylation sites (N-methyl/N-ethyl adjacent to an activating group) is 1. The Labute approximate surface area is 221 Å². The van der Waals surface area contributed by atoms with Gasteiger partial charge in [0.1, 0.15) is 17.4 Å². The summed E-state index contributed by atoms with van der Waals surface area (Å²) in [6.45, 7) is 3.42. The summed E-state index contributed by atoms with van der Waals surface area (Å²) in [5, 5.41) is 2.38. The van der Waals surface area contributed by atoms with Crippen LogP contribution in [-0.2, 0) is 15.8 Å². The SMILES string of the molecule is CC(C)[C@@H](NC(=O)c1cc(C(F)(F)F)ccc1F)C(=O)N1CCC2(CC1)C(=O)N(C)C(=O)N2c1ccncc1. The van der Waals surface area contributed by atoms with Gasteiger partial charge in [-0.05, 0) is 49.1 Å². The highest BCUT2D eigenvalue weighted by atomic mass is 19.4. The number of piperidine rings is 1. The molecule has 3 heterocycles.